The summed E-state index contributed by atoms with van der Waals surface area (Å²) in [7, 11) is 0. The lowest BCUT2D eigenvalue weighted by atomic mass is 10.0. The first kappa shape index (κ1) is 15.0. The number of nitrogens with zero attached hydrogens (tertiary/aromatic N) is 1. The normalized spacial score (nSPS) is 13.0. The average molecular weight is 270 g/mol. The smallest absolute Gasteiger partial charge is 0.0734 e. The van der Waals surface area contributed by atoms with Crippen LogP contribution in [0.1, 0.15) is 39.2 Å². The van der Waals surface area contributed by atoms with E-state index in [1.165, 1.54) is 23.8 Å². The quantitative estimate of drug-likeness (QED) is 0.816. The number of benzene rings is 1. The highest BCUT2D eigenvalue weighted by Gasteiger charge is 2.05. The summed E-state index contributed by atoms with van der Waals surface area (Å²) >= 11 is 0. The van der Waals surface area contributed by atoms with E-state index < -0.39 is 0 Å². The lowest BCUT2D eigenvalue weighted by molar-refractivity contribution is 0.453. The van der Waals surface area contributed by atoms with E-state index in [9.17, 15) is 0 Å². The number of pyridine rings is 1. The van der Waals surface area contributed by atoms with E-state index in [1.807, 2.05) is 12.3 Å². The summed E-state index contributed by atoms with van der Waals surface area (Å²) < 4.78 is 0. The van der Waals surface area contributed by atoms with Gasteiger partial charge in [0.1, 0.15) is 0 Å². The Bertz CT molecular complexity index is 528. The number of hydrogen-bond donors (Lipinski definition) is 1. The van der Waals surface area contributed by atoms with Crippen molar-refractivity contribution >= 4 is 10.9 Å². The van der Waals surface area contributed by atoms with E-state index in [0.717, 1.165) is 24.4 Å². The Morgan fingerprint density at radius 3 is 2.65 bits per heavy atom. The van der Waals surface area contributed by atoms with Crippen LogP contribution < -0.4 is 5.32 Å². The molecule has 1 aromatic heterocycles. The Morgan fingerprint density at radius 1 is 1.05 bits per heavy atom. The zero-order chi connectivity index (χ0) is 14.4. The minimum atomic E-state index is 0.598. The van der Waals surface area contributed by atoms with Gasteiger partial charge in [0.2, 0.25) is 0 Å². The van der Waals surface area contributed by atoms with Crippen molar-refractivity contribution in [2.24, 2.45) is 5.92 Å². The van der Waals surface area contributed by atoms with Gasteiger partial charge in [0.05, 0.1) is 5.52 Å². The highest BCUT2D eigenvalue weighted by molar-refractivity contribution is 5.81. The Hall–Kier alpha value is -1.41. The third-order valence-corrected chi connectivity index (χ3v) is 3.78. The molecule has 0 amide bonds. The molecule has 0 bridgehead atoms. The van der Waals surface area contributed by atoms with Crippen LogP contribution >= 0.6 is 0 Å². The molecule has 2 aromatic rings. The first-order valence-corrected chi connectivity index (χ1v) is 7.73. The highest BCUT2D eigenvalue weighted by atomic mass is 14.9. The Kier molecular flexibility index (Phi) is 5.54. The molecule has 0 spiro atoms. The largest absolute Gasteiger partial charge is 0.314 e. The maximum atomic E-state index is 4.51. The standard InChI is InChI=1S/C18H26N2/c1-14(2)9-10-15(3)19-13-11-17-7-4-6-16-8-5-12-20-18(16)17/h4-8,12,14-15,19H,9-11,13H2,1-3H3. The predicted molar refractivity (Wildman–Crippen MR) is 87.0 cm³/mol. The van der Waals surface area contributed by atoms with Crippen LogP contribution in [-0.2, 0) is 6.42 Å². The van der Waals surface area contributed by atoms with Gasteiger partial charge in [0.25, 0.3) is 0 Å². The molecule has 0 aliphatic rings. The fourth-order valence-electron chi connectivity index (χ4n) is 2.51. The van der Waals surface area contributed by atoms with Crippen LogP contribution in [-0.4, -0.2) is 17.6 Å². The van der Waals surface area contributed by atoms with E-state index in [2.05, 4.69) is 55.3 Å². The van der Waals surface area contributed by atoms with Crippen LogP contribution in [0.15, 0.2) is 36.5 Å². The van der Waals surface area contributed by atoms with E-state index in [1.54, 1.807) is 0 Å². The molecule has 1 unspecified atom stereocenters. The predicted octanol–water partition coefficient (Wildman–Crippen LogP) is 4.19. The second kappa shape index (κ2) is 7.39. The first-order chi connectivity index (χ1) is 9.66. The van der Waals surface area contributed by atoms with E-state index >= 15 is 0 Å². The minimum absolute atomic E-state index is 0.598. The zero-order valence-electron chi connectivity index (χ0n) is 12.9. The molecular weight excluding hydrogens is 244 g/mol. The summed E-state index contributed by atoms with van der Waals surface area (Å²) in [4.78, 5) is 4.51. The summed E-state index contributed by atoms with van der Waals surface area (Å²) in [6.07, 6.45) is 5.47. The SMILES string of the molecule is CC(C)CCC(C)NCCc1cccc2cccnc12. The average Bonchev–Trinajstić information content (AvgIpc) is 2.45. The fraction of sp³-hybridized carbons (Fsp3) is 0.500. The van der Waals surface area contributed by atoms with Gasteiger partial charge >= 0.3 is 0 Å². The molecule has 0 fully saturated rings. The number of nitrogens with one attached hydrogen (secondary N) is 1. The Labute approximate surface area is 122 Å². The summed E-state index contributed by atoms with van der Waals surface area (Å²) in [5, 5.41) is 4.86. The van der Waals surface area contributed by atoms with Crippen LogP contribution in [0.4, 0.5) is 0 Å². The van der Waals surface area contributed by atoms with Crippen LogP contribution in [0.25, 0.3) is 10.9 Å². The number of hydrogen-bond acceptors (Lipinski definition) is 2. The molecule has 0 saturated heterocycles. The second-order valence-corrected chi connectivity index (χ2v) is 6.07. The number of fused-ring (bicyclic) bond motifs is 1. The lowest BCUT2D eigenvalue weighted by Gasteiger charge is -2.15. The maximum absolute atomic E-state index is 4.51. The molecule has 2 rings (SSSR count). The van der Waals surface area contributed by atoms with Gasteiger partial charge in [-0.3, -0.25) is 4.98 Å². The van der Waals surface area contributed by atoms with Gasteiger partial charge in [-0.05, 0) is 50.3 Å². The van der Waals surface area contributed by atoms with Crippen molar-refractivity contribution in [3.8, 4) is 0 Å². The van der Waals surface area contributed by atoms with Gasteiger partial charge in [-0.2, -0.15) is 0 Å². The van der Waals surface area contributed by atoms with Crippen LogP contribution in [0.2, 0.25) is 0 Å². The molecule has 0 aliphatic heterocycles. The Balaban J connectivity index is 1.87. The van der Waals surface area contributed by atoms with Crippen molar-refractivity contribution in [3.05, 3.63) is 42.1 Å². The molecule has 1 N–H and O–H groups in total. The molecule has 0 saturated carbocycles. The summed E-state index contributed by atoms with van der Waals surface area (Å²) in [6.45, 7) is 7.88. The van der Waals surface area contributed by atoms with Gasteiger partial charge in [-0.25, -0.2) is 0 Å². The third-order valence-electron chi connectivity index (χ3n) is 3.78. The van der Waals surface area contributed by atoms with Crippen molar-refractivity contribution in [2.45, 2.75) is 46.1 Å². The van der Waals surface area contributed by atoms with Crippen molar-refractivity contribution < 1.29 is 0 Å². The lowest BCUT2D eigenvalue weighted by Crippen LogP contribution is -2.28. The van der Waals surface area contributed by atoms with Gasteiger partial charge in [0, 0.05) is 17.6 Å². The van der Waals surface area contributed by atoms with Crippen molar-refractivity contribution in [1.29, 1.82) is 0 Å². The molecule has 20 heavy (non-hydrogen) atoms. The molecular formula is C18H26N2. The van der Waals surface area contributed by atoms with Gasteiger partial charge < -0.3 is 5.32 Å². The van der Waals surface area contributed by atoms with Crippen LogP contribution in [0.3, 0.4) is 0 Å². The number of aromatic nitrogens is 1. The Morgan fingerprint density at radius 2 is 1.85 bits per heavy atom. The van der Waals surface area contributed by atoms with Crippen molar-refractivity contribution in [1.82, 2.24) is 10.3 Å². The van der Waals surface area contributed by atoms with Gasteiger partial charge in [-0.15, -0.1) is 0 Å². The monoisotopic (exact) mass is 270 g/mol. The fourth-order valence-corrected chi connectivity index (χ4v) is 2.51. The van der Waals surface area contributed by atoms with Crippen LogP contribution in [0.5, 0.6) is 0 Å². The topological polar surface area (TPSA) is 24.9 Å². The summed E-state index contributed by atoms with van der Waals surface area (Å²) in [5.74, 6) is 0.793. The zero-order valence-corrected chi connectivity index (χ0v) is 12.9. The van der Waals surface area contributed by atoms with Crippen molar-refractivity contribution in [3.63, 3.8) is 0 Å². The molecule has 2 heteroatoms. The highest BCUT2D eigenvalue weighted by Crippen LogP contribution is 2.16. The van der Waals surface area contributed by atoms with Crippen molar-refractivity contribution in [2.75, 3.05) is 6.54 Å². The van der Waals surface area contributed by atoms with E-state index in [4.69, 9.17) is 0 Å². The number of rotatable bonds is 7. The molecule has 0 aliphatic carbocycles. The van der Waals surface area contributed by atoms with Gasteiger partial charge in [0.15, 0.2) is 0 Å². The van der Waals surface area contributed by atoms with E-state index in [-0.39, 0.29) is 0 Å². The van der Waals surface area contributed by atoms with E-state index in [0.29, 0.717) is 6.04 Å². The molecule has 1 atom stereocenters. The number of para-hydroxylation sites is 1. The minimum Gasteiger partial charge on any atom is -0.314 e. The molecule has 2 nitrogen and oxygen atoms in total. The maximum Gasteiger partial charge on any atom is 0.0734 e. The molecule has 1 heterocycles. The molecule has 0 radical (unpaired) electrons. The van der Waals surface area contributed by atoms with Gasteiger partial charge in [-0.1, -0.05) is 38.1 Å². The second-order valence-electron chi connectivity index (χ2n) is 6.07. The molecule has 108 valence electrons. The third kappa shape index (κ3) is 4.31. The summed E-state index contributed by atoms with van der Waals surface area (Å²) in [5.41, 5.74) is 2.48. The van der Waals surface area contributed by atoms with Crippen LogP contribution in [0, 0.1) is 5.92 Å². The summed E-state index contributed by atoms with van der Waals surface area (Å²) in [6, 6.07) is 11.2. The molecule has 1 aromatic carbocycles. The first-order valence-electron chi connectivity index (χ1n) is 7.73.